The van der Waals surface area contributed by atoms with E-state index in [1.54, 1.807) is 23.9 Å². The molecule has 2 rings (SSSR count). The number of carboxylic acids is 1. The Bertz CT molecular complexity index is 584. The molecule has 0 aliphatic rings. The summed E-state index contributed by atoms with van der Waals surface area (Å²) >= 11 is 4.98. The summed E-state index contributed by atoms with van der Waals surface area (Å²) in [6.45, 7) is 0. The van der Waals surface area contributed by atoms with Crippen molar-refractivity contribution >= 4 is 33.7 Å². The highest BCUT2D eigenvalue weighted by Crippen LogP contribution is 2.27. The van der Waals surface area contributed by atoms with E-state index in [9.17, 15) is 4.79 Å². The Kier molecular flexibility index (Phi) is 5.68. The summed E-state index contributed by atoms with van der Waals surface area (Å²) < 4.78 is 0.910. The third-order valence-electron chi connectivity index (χ3n) is 2.88. The van der Waals surface area contributed by atoms with Crippen molar-refractivity contribution in [3.05, 3.63) is 64.1 Å². The maximum atomic E-state index is 11.2. The van der Waals surface area contributed by atoms with E-state index in [1.165, 1.54) is 5.56 Å². The van der Waals surface area contributed by atoms with Crippen LogP contribution in [0.5, 0.6) is 0 Å². The van der Waals surface area contributed by atoms with Crippen LogP contribution in [0.3, 0.4) is 0 Å². The van der Waals surface area contributed by atoms with E-state index in [1.807, 2.05) is 24.3 Å². The van der Waals surface area contributed by atoms with Crippen LogP contribution in [0.1, 0.15) is 22.3 Å². The lowest BCUT2D eigenvalue weighted by atomic mass is 10.1. The van der Waals surface area contributed by atoms with E-state index in [2.05, 4.69) is 28.1 Å². The number of aryl methyl sites for hydroxylation is 1. The molecule has 0 fully saturated rings. The Morgan fingerprint density at radius 1 is 1.15 bits per heavy atom. The molecule has 0 unspecified atom stereocenters. The van der Waals surface area contributed by atoms with E-state index in [-0.39, 0.29) is 0 Å². The van der Waals surface area contributed by atoms with Gasteiger partial charge in [0, 0.05) is 9.37 Å². The zero-order valence-corrected chi connectivity index (χ0v) is 13.3. The summed E-state index contributed by atoms with van der Waals surface area (Å²) in [5, 5.41) is 9.16. The van der Waals surface area contributed by atoms with Gasteiger partial charge in [0.1, 0.15) is 0 Å². The van der Waals surface area contributed by atoms with Gasteiger partial charge in [-0.15, -0.1) is 11.8 Å². The second kappa shape index (κ2) is 7.50. The van der Waals surface area contributed by atoms with Crippen molar-refractivity contribution in [2.24, 2.45) is 0 Å². The lowest BCUT2D eigenvalue weighted by Crippen LogP contribution is -1.99. The van der Waals surface area contributed by atoms with Gasteiger partial charge in [0.15, 0.2) is 0 Å². The number of hydrogen-bond donors (Lipinski definition) is 1. The molecule has 1 N–H and O–H groups in total. The van der Waals surface area contributed by atoms with Gasteiger partial charge in [-0.05, 0) is 42.4 Å². The zero-order valence-electron chi connectivity index (χ0n) is 10.9. The Morgan fingerprint density at radius 2 is 1.90 bits per heavy atom. The first-order chi connectivity index (χ1) is 9.66. The van der Waals surface area contributed by atoms with E-state index in [0.29, 0.717) is 5.56 Å². The van der Waals surface area contributed by atoms with E-state index in [0.717, 1.165) is 28.0 Å². The molecule has 0 aliphatic carbocycles. The average Bonchev–Trinajstić information content (AvgIpc) is 2.44. The van der Waals surface area contributed by atoms with Gasteiger partial charge in [0.05, 0.1) is 5.56 Å². The van der Waals surface area contributed by atoms with Gasteiger partial charge in [0.2, 0.25) is 0 Å². The lowest BCUT2D eigenvalue weighted by molar-refractivity contribution is 0.0693. The van der Waals surface area contributed by atoms with Gasteiger partial charge >= 0.3 is 5.97 Å². The Morgan fingerprint density at radius 3 is 2.60 bits per heavy atom. The van der Waals surface area contributed by atoms with Crippen molar-refractivity contribution < 1.29 is 9.90 Å². The van der Waals surface area contributed by atoms with Crippen LogP contribution in [0.2, 0.25) is 0 Å². The highest BCUT2D eigenvalue weighted by Gasteiger charge is 2.10. The first-order valence-corrected chi connectivity index (χ1v) is 8.14. The van der Waals surface area contributed by atoms with E-state index >= 15 is 0 Å². The molecule has 20 heavy (non-hydrogen) atoms. The number of benzene rings is 2. The highest BCUT2D eigenvalue weighted by atomic mass is 79.9. The van der Waals surface area contributed by atoms with Crippen LogP contribution in [0.25, 0.3) is 0 Å². The molecule has 2 aromatic carbocycles. The summed E-state index contributed by atoms with van der Waals surface area (Å²) in [5.41, 5.74) is 1.69. The van der Waals surface area contributed by atoms with Gasteiger partial charge in [-0.2, -0.15) is 0 Å². The molecule has 0 amide bonds. The molecule has 104 valence electrons. The van der Waals surface area contributed by atoms with Crippen molar-refractivity contribution in [2.45, 2.75) is 17.7 Å². The molecule has 0 bridgehead atoms. The molecule has 2 aromatic rings. The predicted molar refractivity (Wildman–Crippen MR) is 86.6 cm³/mol. The van der Waals surface area contributed by atoms with Crippen molar-refractivity contribution in [3.63, 3.8) is 0 Å². The van der Waals surface area contributed by atoms with Crippen LogP contribution < -0.4 is 0 Å². The van der Waals surface area contributed by atoms with Crippen molar-refractivity contribution in [1.82, 2.24) is 0 Å². The summed E-state index contributed by atoms with van der Waals surface area (Å²) in [5.74, 6) is 0.0362. The quantitative estimate of drug-likeness (QED) is 0.596. The third kappa shape index (κ3) is 4.39. The van der Waals surface area contributed by atoms with Gasteiger partial charge < -0.3 is 5.11 Å². The maximum Gasteiger partial charge on any atom is 0.336 e. The smallest absolute Gasteiger partial charge is 0.336 e. The van der Waals surface area contributed by atoms with Crippen molar-refractivity contribution in [2.75, 3.05) is 5.75 Å². The molecular weight excluding hydrogens is 336 g/mol. The summed E-state index contributed by atoms with van der Waals surface area (Å²) in [4.78, 5) is 12.0. The fourth-order valence-corrected chi connectivity index (χ4v) is 3.44. The maximum absolute atomic E-state index is 11.2. The molecule has 0 atom stereocenters. The third-order valence-corrected chi connectivity index (χ3v) is 4.52. The summed E-state index contributed by atoms with van der Waals surface area (Å²) in [6, 6.07) is 15.6. The molecule has 0 aliphatic heterocycles. The molecule has 0 saturated carbocycles. The molecule has 0 heterocycles. The lowest BCUT2D eigenvalue weighted by Gasteiger charge is -2.06. The standard InChI is InChI=1S/C16H15BrO2S/c17-13-8-9-14(16(18)19)15(11-13)20-10-4-7-12-5-2-1-3-6-12/h1-3,5-6,8-9,11H,4,7,10H2,(H,18,19). The second-order valence-electron chi connectivity index (χ2n) is 4.38. The van der Waals surface area contributed by atoms with Crippen molar-refractivity contribution in [1.29, 1.82) is 0 Å². The summed E-state index contributed by atoms with van der Waals surface area (Å²) in [6.07, 6.45) is 2.05. The van der Waals surface area contributed by atoms with Gasteiger partial charge in [-0.1, -0.05) is 46.3 Å². The van der Waals surface area contributed by atoms with E-state index < -0.39 is 5.97 Å². The number of thioether (sulfide) groups is 1. The Labute approximate surface area is 131 Å². The fourth-order valence-electron chi connectivity index (χ4n) is 1.90. The minimum Gasteiger partial charge on any atom is -0.478 e. The van der Waals surface area contributed by atoms with Gasteiger partial charge in [-0.3, -0.25) is 0 Å². The molecule has 2 nitrogen and oxygen atoms in total. The van der Waals surface area contributed by atoms with Gasteiger partial charge in [-0.25, -0.2) is 4.79 Å². The fraction of sp³-hybridized carbons (Fsp3) is 0.188. The van der Waals surface area contributed by atoms with Crippen LogP contribution in [-0.4, -0.2) is 16.8 Å². The molecular formula is C16H15BrO2S. The highest BCUT2D eigenvalue weighted by molar-refractivity contribution is 9.10. The number of carboxylic acid groups (broad SMARTS) is 1. The average molecular weight is 351 g/mol. The minimum atomic E-state index is -0.872. The predicted octanol–water partition coefficient (Wildman–Crippen LogP) is 4.87. The van der Waals surface area contributed by atoms with Crippen LogP contribution in [0.15, 0.2) is 57.9 Å². The van der Waals surface area contributed by atoms with Crippen LogP contribution in [0, 0.1) is 0 Å². The monoisotopic (exact) mass is 350 g/mol. The summed E-state index contributed by atoms with van der Waals surface area (Å²) in [7, 11) is 0. The SMILES string of the molecule is O=C(O)c1ccc(Br)cc1SCCCc1ccccc1. The van der Waals surface area contributed by atoms with Crippen LogP contribution in [-0.2, 0) is 6.42 Å². The van der Waals surface area contributed by atoms with Crippen LogP contribution in [0.4, 0.5) is 0 Å². The molecule has 4 heteroatoms. The Balaban J connectivity index is 1.91. The van der Waals surface area contributed by atoms with Crippen LogP contribution >= 0.6 is 27.7 Å². The second-order valence-corrected chi connectivity index (χ2v) is 6.44. The number of halogens is 1. The van der Waals surface area contributed by atoms with Gasteiger partial charge in [0.25, 0.3) is 0 Å². The largest absolute Gasteiger partial charge is 0.478 e. The molecule has 0 spiro atoms. The first kappa shape index (κ1) is 15.1. The first-order valence-electron chi connectivity index (χ1n) is 6.36. The number of aromatic carboxylic acids is 1. The molecule has 0 aromatic heterocycles. The van der Waals surface area contributed by atoms with E-state index in [4.69, 9.17) is 5.11 Å². The topological polar surface area (TPSA) is 37.3 Å². The number of carbonyl (C=O) groups is 1. The Hall–Kier alpha value is -1.26. The molecule has 0 saturated heterocycles. The minimum absolute atomic E-state index is 0.373. The normalized spacial score (nSPS) is 10.4. The zero-order chi connectivity index (χ0) is 14.4. The number of rotatable bonds is 6. The van der Waals surface area contributed by atoms with Crippen molar-refractivity contribution in [3.8, 4) is 0 Å². The molecule has 0 radical (unpaired) electrons. The number of hydrogen-bond acceptors (Lipinski definition) is 2.